The molecule has 0 N–H and O–H groups in total. The molecule has 0 aliphatic carbocycles. The molecular formula is C21H24ClN3O2. The highest BCUT2D eigenvalue weighted by Crippen LogP contribution is 2.26. The lowest BCUT2D eigenvalue weighted by Gasteiger charge is -2.40. The number of nitrogens with zero attached hydrogens (tertiary/aromatic N) is 3. The van der Waals surface area contributed by atoms with E-state index < -0.39 is 0 Å². The van der Waals surface area contributed by atoms with Gasteiger partial charge in [0, 0.05) is 55.2 Å². The minimum Gasteiger partial charge on any atom is -0.375 e. The van der Waals surface area contributed by atoms with Crippen molar-refractivity contribution in [2.45, 2.75) is 31.5 Å². The molecule has 2 fully saturated rings. The van der Waals surface area contributed by atoms with Crippen molar-refractivity contribution in [1.82, 2.24) is 14.8 Å². The Morgan fingerprint density at radius 3 is 2.78 bits per heavy atom. The van der Waals surface area contributed by atoms with E-state index in [0.29, 0.717) is 16.6 Å². The van der Waals surface area contributed by atoms with Crippen LogP contribution in [0.15, 0.2) is 48.8 Å². The Morgan fingerprint density at radius 1 is 1.15 bits per heavy atom. The molecule has 0 saturated carbocycles. The topological polar surface area (TPSA) is 45.7 Å². The second-order valence-corrected chi connectivity index (χ2v) is 7.62. The van der Waals surface area contributed by atoms with E-state index in [1.165, 1.54) is 5.56 Å². The summed E-state index contributed by atoms with van der Waals surface area (Å²) in [6.07, 6.45) is 5.64. The third kappa shape index (κ3) is 4.32. The number of likely N-dealkylation sites (tertiary alicyclic amines) is 1. The Balaban J connectivity index is 1.45. The molecule has 0 bridgehead atoms. The number of carbonyl (C=O) groups is 1. The van der Waals surface area contributed by atoms with Gasteiger partial charge in [0.1, 0.15) is 0 Å². The highest BCUT2D eigenvalue weighted by atomic mass is 35.5. The Hall–Kier alpha value is -1.95. The minimum atomic E-state index is 0.0526. The summed E-state index contributed by atoms with van der Waals surface area (Å²) in [4.78, 5) is 21.4. The number of benzene rings is 1. The van der Waals surface area contributed by atoms with Crippen LogP contribution in [0.1, 0.15) is 28.8 Å². The fourth-order valence-corrected chi connectivity index (χ4v) is 4.28. The zero-order chi connectivity index (χ0) is 18.6. The second kappa shape index (κ2) is 8.38. The monoisotopic (exact) mass is 385 g/mol. The first-order chi connectivity index (χ1) is 13.2. The fraction of sp³-hybridized carbons (Fsp3) is 0.429. The first kappa shape index (κ1) is 18.4. The molecule has 1 amide bonds. The lowest BCUT2D eigenvalue weighted by atomic mass is 10.0. The molecule has 2 saturated heterocycles. The summed E-state index contributed by atoms with van der Waals surface area (Å²) in [5.41, 5.74) is 1.92. The number of carbonyl (C=O) groups excluding carboxylic acids is 1. The SMILES string of the molecule is O=C(c1cccc(Cl)c1)N1CCC2OCCN(Cc3ccncc3)C2CC1. The van der Waals surface area contributed by atoms with Crippen LogP contribution in [0.5, 0.6) is 0 Å². The van der Waals surface area contributed by atoms with E-state index in [1.54, 1.807) is 12.1 Å². The molecule has 2 unspecified atom stereocenters. The standard InChI is InChI=1S/C21H24ClN3O2/c22-18-3-1-2-17(14-18)21(26)24-10-6-19-20(7-11-24)27-13-12-25(19)15-16-4-8-23-9-5-16/h1-5,8-9,14,19-20H,6-7,10-13,15H2. The van der Waals surface area contributed by atoms with E-state index in [1.807, 2.05) is 29.4 Å². The van der Waals surface area contributed by atoms with Crippen LogP contribution >= 0.6 is 11.6 Å². The molecule has 2 aromatic rings. The molecule has 0 spiro atoms. The number of aromatic nitrogens is 1. The molecule has 1 aromatic heterocycles. The Kier molecular flexibility index (Phi) is 5.72. The molecule has 1 aromatic carbocycles. The number of halogens is 1. The number of pyridine rings is 1. The van der Waals surface area contributed by atoms with Crippen molar-refractivity contribution in [1.29, 1.82) is 0 Å². The number of ether oxygens (including phenoxy) is 1. The smallest absolute Gasteiger partial charge is 0.253 e. The van der Waals surface area contributed by atoms with Crippen LogP contribution in [0.3, 0.4) is 0 Å². The number of hydrogen-bond donors (Lipinski definition) is 0. The molecule has 6 heteroatoms. The van der Waals surface area contributed by atoms with Crippen molar-refractivity contribution in [2.24, 2.45) is 0 Å². The maximum Gasteiger partial charge on any atom is 0.253 e. The van der Waals surface area contributed by atoms with E-state index in [0.717, 1.165) is 45.6 Å². The predicted molar refractivity (Wildman–Crippen MR) is 105 cm³/mol. The van der Waals surface area contributed by atoms with Crippen molar-refractivity contribution in [3.8, 4) is 0 Å². The highest BCUT2D eigenvalue weighted by molar-refractivity contribution is 6.30. The third-order valence-corrected chi connectivity index (χ3v) is 5.72. The molecule has 4 rings (SSSR count). The average molecular weight is 386 g/mol. The minimum absolute atomic E-state index is 0.0526. The van der Waals surface area contributed by atoms with Crippen molar-refractivity contribution in [2.75, 3.05) is 26.2 Å². The largest absolute Gasteiger partial charge is 0.375 e. The molecule has 2 aliphatic rings. The van der Waals surface area contributed by atoms with E-state index in [2.05, 4.69) is 22.0 Å². The van der Waals surface area contributed by atoms with E-state index >= 15 is 0 Å². The van der Waals surface area contributed by atoms with Crippen molar-refractivity contribution in [3.63, 3.8) is 0 Å². The van der Waals surface area contributed by atoms with Crippen LogP contribution in [-0.2, 0) is 11.3 Å². The summed E-state index contributed by atoms with van der Waals surface area (Å²) >= 11 is 6.05. The van der Waals surface area contributed by atoms with Gasteiger partial charge in [-0.05, 0) is 48.7 Å². The summed E-state index contributed by atoms with van der Waals surface area (Å²) in [5, 5.41) is 0.594. The van der Waals surface area contributed by atoms with Gasteiger partial charge in [-0.3, -0.25) is 14.7 Å². The Labute approximate surface area is 164 Å². The van der Waals surface area contributed by atoms with Crippen LogP contribution < -0.4 is 0 Å². The quantitative estimate of drug-likeness (QED) is 0.813. The van der Waals surface area contributed by atoms with Gasteiger partial charge < -0.3 is 9.64 Å². The van der Waals surface area contributed by atoms with Crippen LogP contribution in [0.25, 0.3) is 0 Å². The van der Waals surface area contributed by atoms with Crippen LogP contribution in [0.2, 0.25) is 5.02 Å². The van der Waals surface area contributed by atoms with Crippen molar-refractivity contribution in [3.05, 3.63) is 64.9 Å². The lowest BCUT2D eigenvalue weighted by Crippen LogP contribution is -2.50. The zero-order valence-corrected chi connectivity index (χ0v) is 16.0. The summed E-state index contributed by atoms with van der Waals surface area (Å²) in [6.45, 7) is 4.02. The summed E-state index contributed by atoms with van der Waals surface area (Å²) < 4.78 is 6.07. The molecule has 0 radical (unpaired) electrons. The second-order valence-electron chi connectivity index (χ2n) is 7.18. The lowest BCUT2D eigenvalue weighted by molar-refractivity contribution is -0.0746. The number of rotatable bonds is 3. The zero-order valence-electron chi connectivity index (χ0n) is 15.3. The molecule has 3 heterocycles. The first-order valence-corrected chi connectivity index (χ1v) is 9.88. The Morgan fingerprint density at radius 2 is 1.96 bits per heavy atom. The summed E-state index contributed by atoms with van der Waals surface area (Å²) in [7, 11) is 0. The van der Waals surface area contributed by atoms with Gasteiger partial charge in [0.05, 0.1) is 12.7 Å². The molecular weight excluding hydrogens is 362 g/mol. The predicted octanol–water partition coefficient (Wildman–Crippen LogP) is 3.24. The van der Waals surface area contributed by atoms with Gasteiger partial charge in [-0.25, -0.2) is 0 Å². The maximum absolute atomic E-state index is 12.9. The molecule has 2 aliphatic heterocycles. The summed E-state index contributed by atoms with van der Waals surface area (Å²) in [5.74, 6) is 0.0526. The molecule has 27 heavy (non-hydrogen) atoms. The normalized spacial score (nSPS) is 23.5. The van der Waals surface area contributed by atoms with Gasteiger partial charge in [0.25, 0.3) is 5.91 Å². The van der Waals surface area contributed by atoms with Gasteiger partial charge in [-0.2, -0.15) is 0 Å². The van der Waals surface area contributed by atoms with Crippen molar-refractivity contribution >= 4 is 17.5 Å². The van der Waals surface area contributed by atoms with Crippen molar-refractivity contribution < 1.29 is 9.53 Å². The van der Waals surface area contributed by atoms with Gasteiger partial charge in [-0.15, -0.1) is 0 Å². The van der Waals surface area contributed by atoms with E-state index in [4.69, 9.17) is 16.3 Å². The number of hydrogen-bond acceptors (Lipinski definition) is 4. The Bertz CT molecular complexity index is 786. The first-order valence-electron chi connectivity index (χ1n) is 9.50. The summed E-state index contributed by atoms with van der Waals surface area (Å²) in [6, 6.07) is 11.7. The van der Waals surface area contributed by atoms with Crippen LogP contribution in [-0.4, -0.2) is 59.1 Å². The van der Waals surface area contributed by atoms with Gasteiger partial charge >= 0.3 is 0 Å². The van der Waals surface area contributed by atoms with Crippen LogP contribution in [0.4, 0.5) is 0 Å². The van der Waals surface area contributed by atoms with E-state index in [-0.39, 0.29) is 12.0 Å². The van der Waals surface area contributed by atoms with Gasteiger partial charge in [-0.1, -0.05) is 17.7 Å². The van der Waals surface area contributed by atoms with Crippen LogP contribution in [0, 0.1) is 0 Å². The molecule has 142 valence electrons. The fourth-order valence-electron chi connectivity index (χ4n) is 4.09. The van der Waals surface area contributed by atoms with Gasteiger partial charge in [0.2, 0.25) is 0 Å². The number of morpholine rings is 1. The molecule has 2 atom stereocenters. The maximum atomic E-state index is 12.9. The molecule has 5 nitrogen and oxygen atoms in total. The third-order valence-electron chi connectivity index (χ3n) is 5.48. The average Bonchev–Trinajstić information content (AvgIpc) is 2.92. The highest BCUT2D eigenvalue weighted by Gasteiger charge is 2.35. The number of fused-ring (bicyclic) bond motifs is 1. The van der Waals surface area contributed by atoms with Gasteiger partial charge in [0.15, 0.2) is 0 Å². The number of amides is 1. The van der Waals surface area contributed by atoms with E-state index in [9.17, 15) is 4.79 Å².